The van der Waals surface area contributed by atoms with Gasteiger partial charge in [-0.15, -0.1) is 13.2 Å². The van der Waals surface area contributed by atoms with Crippen LogP contribution in [0.5, 0.6) is 0 Å². The Morgan fingerprint density at radius 2 is 1.46 bits per heavy atom. The van der Waals surface area contributed by atoms with E-state index in [1.54, 1.807) is 13.8 Å². The Labute approximate surface area is 80.7 Å². The number of rotatable bonds is 1. The van der Waals surface area contributed by atoms with Crippen LogP contribution in [0.3, 0.4) is 0 Å². The van der Waals surface area contributed by atoms with Crippen LogP contribution in [0.1, 0.15) is 25.0 Å². The number of benzene rings is 1. The molecule has 0 radical (unpaired) electrons. The van der Waals surface area contributed by atoms with Crippen LogP contribution < -0.4 is 0 Å². The fourth-order valence-electron chi connectivity index (χ4n) is 0.961. The Morgan fingerprint density at radius 1 is 1.08 bits per heavy atom. The van der Waals surface area contributed by atoms with Gasteiger partial charge in [0.1, 0.15) is 0 Å². The van der Waals surface area contributed by atoms with Crippen LogP contribution in [0.25, 0.3) is 0 Å². The zero-order valence-electron chi connectivity index (χ0n) is 8.67. The SMILES string of the molecule is C=C.Cc1ccc(C(C)(C)O)cc1. The maximum Gasteiger partial charge on any atom is 0.0840 e. The predicted molar refractivity (Wildman–Crippen MR) is 57.7 cm³/mol. The van der Waals surface area contributed by atoms with E-state index in [9.17, 15) is 5.11 Å². The van der Waals surface area contributed by atoms with Gasteiger partial charge in [-0.1, -0.05) is 29.8 Å². The molecule has 1 heteroatoms. The van der Waals surface area contributed by atoms with Crippen molar-refractivity contribution in [3.63, 3.8) is 0 Å². The van der Waals surface area contributed by atoms with Crippen LogP contribution in [0.2, 0.25) is 0 Å². The standard InChI is InChI=1S/C10H14O.C2H4/c1-8-4-6-9(7-5-8)10(2,3)11;1-2/h4-7,11H,1-3H3;1-2H2. The van der Waals surface area contributed by atoms with Gasteiger partial charge >= 0.3 is 0 Å². The first-order valence-electron chi connectivity index (χ1n) is 4.29. The highest BCUT2D eigenvalue weighted by molar-refractivity contribution is 5.25. The molecule has 0 unspecified atom stereocenters. The minimum atomic E-state index is -0.715. The van der Waals surface area contributed by atoms with Gasteiger partial charge in [0, 0.05) is 0 Å². The molecular formula is C12H18O. The van der Waals surface area contributed by atoms with Crippen LogP contribution in [-0.2, 0) is 5.60 Å². The predicted octanol–water partition coefficient (Wildman–Crippen LogP) is 3.02. The molecule has 0 atom stereocenters. The molecule has 0 heterocycles. The third kappa shape index (κ3) is 3.90. The molecule has 0 saturated carbocycles. The molecule has 13 heavy (non-hydrogen) atoms. The van der Waals surface area contributed by atoms with Gasteiger partial charge in [0.2, 0.25) is 0 Å². The van der Waals surface area contributed by atoms with Crippen LogP contribution in [0.4, 0.5) is 0 Å². The van der Waals surface area contributed by atoms with Crippen molar-refractivity contribution in [1.82, 2.24) is 0 Å². The number of hydrogen-bond acceptors (Lipinski definition) is 1. The Balaban J connectivity index is 0.000000671. The maximum absolute atomic E-state index is 9.58. The Kier molecular flexibility index (Phi) is 4.43. The first kappa shape index (κ1) is 11.9. The van der Waals surface area contributed by atoms with Gasteiger partial charge in [0.05, 0.1) is 5.60 Å². The van der Waals surface area contributed by atoms with Crippen molar-refractivity contribution in [2.24, 2.45) is 0 Å². The number of aliphatic hydroxyl groups is 1. The number of hydrogen-bond donors (Lipinski definition) is 1. The van der Waals surface area contributed by atoms with Crippen molar-refractivity contribution in [3.8, 4) is 0 Å². The molecule has 0 amide bonds. The summed E-state index contributed by atoms with van der Waals surface area (Å²) in [5, 5.41) is 9.58. The van der Waals surface area contributed by atoms with Crippen LogP contribution in [0, 0.1) is 6.92 Å². The average Bonchev–Trinajstić information content (AvgIpc) is 2.07. The largest absolute Gasteiger partial charge is 0.386 e. The Hall–Kier alpha value is -1.08. The second kappa shape index (κ2) is 4.83. The topological polar surface area (TPSA) is 20.2 Å². The summed E-state index contributed by atoms with van der Waals surface area (Å²) in [5.41, 5.74) is 1.47. The fourth-order valence-corrected chi connectivity index (χ4v) is 0.961. The first-order chi connectivity index (χ1) is 6.00. The lowest BCUT2D eigenvalue weighted by Crippen LogP contribution is -2.14. The third-order valence-electron chi connectivity index (χ3n) is 1.76. The van der Waals surface area contributed by atoms with Crippen LogP contribution >= 0.6 is 0 Å². The molecule has 0 aliphatic heterocycles. The maximum atomic E-state index is 9.58. The van der Waals surface area contributed by atoms with Crippen molar-refractivity contribution < 1.29 is 5.11 Å². The van der Waals surface area contributed by atoms with Gasteiger partial charge in [-0.2, -0.15) is 0 Å². The summed E-state index contributed by atoms with van der Waals surface area (Å²) in [6.45, 7) is 11.6. The van der Waals surface area contributed by atoms with Gasteiger partial charge in [0.15, 0.2) is 0 Å². The van der Waals surface area contributed by atoms with E-state index in [0.717, 1.165) is 5.56 Å². The summed E-state index contributed by atoms with van der Waals surface area (Å²) in [6.07, 6.45) is 0. The molecule has 72 valence electrons. The second-order valence-corrected chi connectivity index (χ2v) is 3.43. The van der Waals surface area contributed by atoms with E-state index in [2.05, 4.69) is 13.2 Å². The molecule has 1 N–H and O–H groups in total. The highest BCUT2D eigenvalue weighted by Gasteiger charge is 2.14. The third-order valence-corrected chi connectivity index (χ3v) is 1.76. The average molecular weight is 178 g/mol. The minimum Gasteiger partial charge on any atom is -0.386 e. The van der Waals surface area contributed by atoms with E-state index >= 15 is 0 Å². The summed E-state index contributed by atoms with van der Waals surface area (Å²) in [6, 6.07) is 7.92. The molecule has 1 aromatic carbocycles. The molecule has 0 fully saturated rings. The number of aryl methyl sites for hydroxylation is 1. The van der Waals surface area contributed by atoms with E-state index < -0.39 is 5.60 Å². The van der Waals surface area contributed by atoms with Crippen molar-refractivity contribution >= 4 is 0 Å². The summed E-state index contributed by atoms with van der Waals surface area (Å²) in [4.78, 5) is 0. The van der Waals surface area contributed by atoms with Crippen LogP contribution in [-0.4, -0.2) is 5.11 Å². The second-order valence-electron chi connectivity index (χ2n) is 3.43. The summed E-state index contributed by atoms with van der Waals surface area (Å²) < 4.78 is 0. The van der Waals surface area contributed by atoms with Crippen LogP contribution in [0.15, 0.2) is 37.4 Å². The Morgan fingerprint density at radius 3 is 1.77 bits per heavy atom. The highest BCUT2D eigenvalue weighted by atomic mass is 16.3. The molecule has 1 aromatic rings. The van der Waals surface area contributed by atoms with Gasteiger partial charge in [-0.3, -0.25) is 0 Å². The Bertz CT molecular complexity index is 241. The monoisotopic (exact) mass is 178 g/mol. The zero-order chi connectivity index (χ0) is 10.5. The van der Waals surface area contributed by atoms with Gasteiger partial charge in [0.25, 0.3) is 0 Å². The van der Waals surface area contributed by atoms with Crippen molar-refractivity contribution in [2.75, 3.05) is 0 Å². The summed E-state index contributed by atoms with van der Waals surface area (Å²) in [7, 11) is 0. The molecule has 0 aliphatic rings. The lowest BCUT2D eigenvalue weighted by Gasteiger charge is -2.17. The molecule has 0 saturated heterocycles. The minimum absolute atomic E-state index is 0.715. The fraction of sp³-hybridized carbons (Fsp3) is 0.333. The molecule has 1 rings (SSSR count). The zero-order valence-corrected chi connectivity index (χ0v) is 8.67. The van der Waals surface area contributed by atoms with Gasteiger partial charge in [-0.05, 0) is 26.3 Å². The smallest absolute Gasteiger partial charge is 0.0840 e. The van der Waals surface area contributed by atoms with Gasteiger partial charge < -0.3 is 5.11 Å². The van der Waals surface area contributed by atoms with Crippen molar-refractivity contribution in [3.05, 3.63) is 48.6 Å². The van der Waals surface area contributed by atoms with E-state index in [1.165, 1.54) is 5.56 Å². The normalized spacial score (nSPS) is 10.2. The summed E-state index contributed by atoms with van der Waals surface area (Å²) in [5.74, 6) is 0. The molecular weight excluding hydrogens is 160 g/mol. The molecule has 1 nitrogen and oxygen atoms in total. The van der Waals surface area contributed by atoms with E-state index in [-0.39, 0.29) is 0 Å². The lowest BCUT2D eigenvalue weighted by atomic mass is 9.98. The van der Waals surface area contributed by atoms with Gasteiger partial charge in [-0.25, -0.2) is 0 Å². The quantitative estimate of drug-likeness (QED) is 0.655. The highest BCUT2D eigenvalue weighted by Crippen LogP contribution is 2.19. The molecule has 0 spiro atoms. The van der Waals surface area contributed by atoms with E-state index in [1.807, 2.05) is 31.2 Å². The lowest BCUT2D eigenvalue weighted by molar-refractivity contribution is 0.0786. The molecule has 0 bridgehead atoms. The van der Waals surface area contributed by atoms with Crippen molar-refractivity contribution in [2.45, 2.75) is 26.4 Å². The summed E-state index contributed by atoms with van der Waals surface area (Å²) >= 11 is 0. The van der Waals surface area contributed by atoms with E-state index in [4.69, 9.17) is 0 Å². The van der Waals surface area contributed by atoms with E-state index in [0.29, 0.717) is 0 Å². The molecule has 0 aliphatic carbocycles. The first-order valence-corrected chi connectivity index (χ1v) is 4.29. The molecule has 0 aromatic heterocycles. The van der Waals surface area contributed by atoms with Crippen molar-refractivity contribution in [1.29, 1.82) is 0 Å².